The van der Waals surface area contributed by atoms with E-state index in [1.165, 1.54) is 0 Å². The summed E-state index contributed by atoms with van der Waals surface area (Å²) in [5, 5.41) is 2.89. The molecule has 0 radical (unpaired) electrons. The average Bonchev–Trinajstić information content (AvgIpc) is 2.53. The fraction of sp³-hybridized carbons (Fsp3) is 0.294. The molecule has 1 unspecified atom stereocenters. The molecule has 2 rings (SSSR count). The van der Waals surface area contributed by atoms with Crippen LogP contribution in [-0.4, -0.2) is 10.9 Å². The van der Waals surface area contributed by atoms with Crippen molar-refractivity contribution in [2.24, 2.45) is 5.73 Å². The van der Waals surface area contributed by atoms with Crippen molar-refractivity contribution < 1.29 is 4.79 Å². The smallest absolute Gasteiger partial charge is 0.220 e. The summed E-state index contributed by atoms with van der Waals surface area (Å²) in [4.78, 5) is 16.0. The maximum Gasteiger partial charge on any atom is 0.220 e. The maximum absolute atomic E-state index is 11.8. The lowest BCUT2D eigenvalue weighted by Gasteiger charge is -2.12. The molecule has 110 valence electrons. The summed E-state index contributed by atoms with van der Waals surface area (Å²) in [6.45, 7) is 2.44. The van der Waals surface area contributed by atoms with E-state index in [9.17, 15) is 4.79 Å². The molecule has 0 aliphatic carbocycles. The maximum atomic E-state index is 11.8. The van der Waals surface area contributed by atoms with Gasteiger partial charge in [-0.05, 0) is 30.5 Å². The van der Waals surface area contributed by atoms with Crippen molar-refractivity contribution in [3.63, 3.8) is 0 Å². The third kappa shape index (κ3) is 5.00. The molecule has 2 aromatic rings. The van der Waals surface area contributed by atoms with E-state index in [4.69, 9.17) is 5.73 Å². The van der Waals surface area contributed by atoms with Crippen LogP contribution in [0.2, 0.25) is 0 Å². The molecule has 1 aromatic carbocycles. The van der Waals surface area contributed by atoms with Gasteiger partial charge in [0, 0.05) is 30.9 Å². The second-order valence-corrected chi connectivity index (χ2v) is 5.14. The van der Waals surface area contributed by atoms with Crippen molar-refractivity contribution in [3.05, 3.63) is 65.5 Å². The Balaban J connectivity index is 1.73. The highest BCUT2D eigenvalue weighted by Crippen LogP contribution is 2.14. The van der Waals surface area contributed by atoms with Gasteiger partial charge in [0.25, 0.3) is 0 Å². The molecular weight excluding hydrogens is 262 g/mol. The van der Waals surface area contributed by atoms with Crippen LogP contribution in [0.5, 0.6) is 0 Å². The molecule has 0 spiro atoms. The van der Waals surface area contributed by atoms with Crippen LogP contribution < -0.4 is 11.1 Å². The van der Waals surface area contributed by atoms with Crippen LogP contribution in [0.3, 0.4) is 0 Å². The SMILES string of the molecule is Cc1ccc(CNC(=O)CCC(N)c2ccccc2)cn1. The Hall–Kier alpha value is -2.20. The Labute approximate surface area is 125 Å². The third-order valence-electron chi connectivity index (χ3n) is 3.37. The van der Waals surface area contributed by atoms with Crippen LogP contribution >= 0.6 is 0 Å². The van der Waals surface area contributed by atoms with Gasteiger partial charge in [0.1, 0.15) is 0 Å². The molecule has 21 heavy (non-hydrogen) atoms. The Morgan fingerprint density at radius 1 is 1.24 bits per heavy atom. The molecule has 0 saturated carbocycles. The van der Waals surface area contributed by atoms with Crippen molar-refractivity contribution in [1.29, 1.82) is 0 Å². The van der Waals surface area contributed by atoms with Crippen LogP contribution in [0.1, 0.15) is 35.7 Å². The zero-order valence-corrected chi connectivity index (χ0v) is 12.3. The number of pyridine rings is 1. The predicted molar refractivity (Wildman–Crippen MR) is 83.4 cm³/mol. The largest absolute Gasteiger partial charge is 0.352 e. The van der Waals surface area contributed by atoms with E-state index in [-0.39, 0.29) is 11.9 Å². The zero-order chi connectivity index (χ0) is 15.1. The van der Waals surface area contributed by atoms with Gasteiger partial charge in [-0.15, -0.1) is 0 Å². The van der Waals surface area contributed by atoms with Crippen LogP contribution in [-0.2, 0) is 11.3 Å². The summed E-state index contributed by atoms with van der Waals surface area (Å²) in [5.74, 6) is 0.0157. The van der Waals surface area contributed by atoms with Crippen molar-refractivity contribution in [2.45, 2.75) is 32.4 Å². The van der Waals surface area contributed by atoms with Gasteiger partial charge < -0.3 is 11.1 Å². The molecule has 0 fully saturated rings. The van der Waals surface area contributed by atoms with Crippen LogP contribution in [0, 0.1) is 6.92 Å². The van der Waals surface area contributed by atoms with Gasteiger partial charge in [0.2, 0.25) is 5.91 Å². The lowest BCUT2D eigenvalue weighted by Crippen LogP contribution is -2.24. The number of nitrogens with one attached hydrogen (secondary N) is 1. The minimum Gasteiger partial charge on any atom is -0.352 e. The van der Waals surface area contributed by atoms with E-state index in [2.05, 4.69) is 10.3 Å². The van der Waals surface area contributed by atoms with Gasteiger partial charge in [-0.25, -0.2) is 0 Å². The predicted octanol–water partition coefficient (Wildman–Crippen LogP) is 2.49. The third-order valence-corrected chi connectivity index (χ3v) is 3.37. The summed E-state index contributed by atoms with van der Waals surface area (Å²) >= 11 is 0. The molecule has 4 nitrogen and oxygen atoms in total. The van der Waals surface area contributed by atoms with Crippen LogP contribution in [0.25, 0.3) is 0 Å². The topological polar surface area (TPSA) is 68.0 Å². The fourth-order valence-corrected chi connectivity index (χ4v) is 2.05. The van der Waals surface area contributed by atoms with Crippen LogP contribution in [0.4, 0.5) is 0 Å². The monoisotopic (exact) mass is 283 g/mol. The van der Waals surface area contributed by atoms with E-state index in [1.54, 1.807) is 6.20 Å². The van der Waals surface area contributed by atoms with Gasteiger partial charge in [0.15, 0.2) is 0 Å². The quantitative estimate of drug-likeness (QED) is 0.856. The Bertz CT molecular complexity index is 566. The molecule has 4 heteroatoms. The van der Waals surface area contributed by atoms with E-state index in [0.29, 0.717) is 19.4 Å². The summed E-state index contributed by atoms with van der Waals surface area (Å²) in [5.41, 5.74) is 9.11. The van der Waals surface area contributed by atoms with E-state index < -0.39 is 0 Å². The van der Waals surface area contributed by atoms with Gasteiger partial charge >= 0.3 is 0 Å². The summed E-state index contributed by atoms with van der Waals surface area (Å²) in [7, 11) is 0. The highest BCUT2D eigenvalue weighted by molar-refractivity contribution is 5.75. The molecule has 0 saturated heterocycles. The number of hydrogen-bond donors (Lipinski definition) is 2. The standard InChI is InChI=1S/C17H21N3O/c1-13-7-8-14(11-19-13)12-20-17(21)10-9-16(18)15-5-3-2-4-6-15/h2-8,11,16H,9-10,12,18H2,1H3,(H,20,21). The van der Waals surface area contributed by atoms with Gasteiger partial charge in [-0.2, -0.15) is 0 Å². The van der Waals surface area contributed by atoms with E-state index in [0.717, 1.165) is 16.8 Å². The fourth-order valence-electron chi connectivity index (χ4n) is 2.05. The molecule has 1 amide bonds. The second-order valence-electron chi connectivity index (χ2n) is 5.14. The van der Waals surface area contributed by atoms with Gasteiger partial charge in [0.05, 0.1) is 0 Å². The first-order chi connectivity index (χ1) is 10.1. The van der Waals surface area contributed by atoms with Gasteiger partial charge in [-0.3, -0.25) is 9.78 Å². The number of amides is 1. The number of rotatable bonds is 6. The highest BCUT2D eigenvalue weighted by atomic mass is 16.1. The number of nitrogens with two attached hydrogens (primary N) is 1. The first-order valence-corrected chi connectivity index (χ1v) is 7.14. The van der Waals surface area contributed by atoms with Gasteiger partial charge in [-0.1, -0.05) is 36.4 Å². The molecule has 1 atom stereocenters. The normalized spacial score (nSPS) is 11.9. The first kappa shape index (κ1) is 15.2. The Morgan fingerprint density at radius 3 is 2.67 bits per heavy atom. The lowest BCUT2D eigenvalue weighted by atomic mass is 10.0. The molecular formula is C17H21N3O. The number of nitrogens with zero attached hydrogens (tertiary/aromatic N) is 1. The number of benzene rings is 1. The number of carbonyl (C=O) groups is 1. The number of aromatic nitrogens is 1. The lowest BCUT2D eigenvalue weighted by molar-refractivity contribution is -0.121. The Morgan fingerprint density at radius 2 is 2.00 bits per heavy atom. The molecule has 0 bridgehead atoms. The Kier molecular flexibility index (Phi) is 5.46. The van der Waals surface area contributed by atoms with Crippen molar-refractivity contribution in [2.75, 3.05) is 0 Å². The highest BCUT2D eigenvalue weighted by Gasteiger charge is 2.08. The van der Waals surface area contributed by atoms with Crippen molar-refractivity contribution in [3.8, 4) is 0 Å². The number of hydrogen-bond acceptors (Lipinski definition) is 3. The van der Waals surface area contributed by atoms with Crippen LogP contribution in [0.15, 0.2) is 48.7 Å². The summed E-state index contributed by atoms with van der Waals surface area (Å²) in [6, 6.07) is 13.7. The van der Waals surface area contributed by atoms with Crippen molar-refractivity contribution in [1.82, 2.24) is 10.3 Å². The van der Waals surface area contributed by atoms with E-state index in [1.807, 2.05) is 49.4 Å². The minimum atomic E-state index is -0.0991. The average molecular weight is 283 g/mol. The molecule has 1 heterocycles. The van der Waals surface area contributed by atoms with Crippen molar-refractivity contribution >= 4 is 5.91 Å². The molecule has 0 aliphatic heterocycles. The summed E-state index contributed by atoms with van der Waals surface area (Å²) < 4.78 is 0. The first-order valence-electron chi connectivity index (χ1n) is 7.14. The number of carbonyl (C=O) groups excluding carboxylic acids is 1. The molecule has 3 N–H and O–H groups in total. The molecule has 0 aliphatic rings. The summed E-state index contributed by atoms with van der Waals surface area (Å²) in [6.07, 6.45) is 2.85. The molecule has 1 aromatic heterocycles. The minimum absolute atomic E-state index is 0.0157. The zero-order valence-electron chi connectivity index (χ0n) is 12.3. The van der Waals surface area contributed by atoms with E-state index >= 15 is 0 Å². The second kappa shape index (κ2) is 7.55. The number of aryl methyl sites for hydroxylation is 1.